The van der Waals surface area contributed by atoms with Gasteiger partial charge in [0.2, 0.25) is 5.91 Å². The molecule has 1 amide bonds. The smallest absolute Gasteiger partial charge is 0.222 e. The van der Waals surface area contributed by atoms with Crippen LogP contribution in [0.2, 0.25) is 5.15 Å². The molecule has 4 nitrogen and oxygen atoms in total. The number of nitrogens with zero attached hydrogens (tertiary/aromatic N) is 3. The van der Waals surface area contributed by atoms with Gasteiger partial charge in [0, 0.05) is 38.0 Å². The van der Waals surface area contributed by atoms with Crippen molar-refractivity contribution in [2.75, 3.05) is 32.7 Å². The lowest BCUT2D eigenvalue weighted by molar-refractivity contribution is -0.132. The SMILES string of the molecule is CCN1CCN(C(=O)CCc2cc3cc(F)ccc3nc2Cl)CC1. The number of fused-ring (bicyclic) bond motifs is 1. The van der Waals surface area contributed by atoms with E-state index >= 15 is 0 Å². The Balaban J connectivity index is 1.65. The molecule has 1 saturated heterocycles. The first-order valence-corrected chi connectivity index (χ1v) is 8.69. The van der Waals surface area contributed by atoms with Gasteiger partial charge >= 0.3 is 0 Å². The predicted molar refractivity (Wildman–Crippen MR) is 93.7 cm³/mol. The topological polar surface area (TPSA) is 36.4 Å². The zero-order chi connectivity index (χ0) is 17.1. The fraction of sp³-hybridized carbons (Fsp3) is 0.444. The quantitative estimate of drug-likeness (QED) is 0.796. The van der Waals surface area contributed by atoms with Crippen LogP contribution in [-0.4, -0.2) is 53.4 Å². The van der Waals surface area contributed by atoms with E-state index < -0.39 is 0 Å². The predicted octanol–water partition coefficient (Wildman–Crippen LogP) is 3.12. The van der Waals surface area contributed by atoms with Crippen molar-refractivity contribution in [3.05, 3.63) is 40.8 Å². The fourth-order valence-electron chi connectivity index (χ4n) is 3.06. The second-order valence-electron chi connectivity index (χ2n) is 6.09. The van der Waals surface area contributed by atoms with E-state index in [2.05, 4.69) is 16.8 Å². The number of aryl methyl sites for hydroxylation is 1. The van der Waals surface area contributed by atoms with Gasteiger partial charge in [-0.25, -0.2) is 9.37 Å². The van der Waals surface area contributed by atoms with Crippen LogP contribution < -0.4 is 0 Å². The summed E-state index contributed by atoms with van der Waals surface area (Å²) in [6, 6.07) is 6.24. The third kappa shape index (κ3) is 3.84. The normalized spacial score (nSPS) is 15.9. The standard InChI is InChI=1S/C18H21ClFN3O/c1-2-22-7-9-23(10-8-22)17(24)6-3-13-11-14-12-15(20)4-5-16(14)21-18(13)19/h4-5,11-12H,2-3,6-10H2,1H3. The van der Waals surface area contributed by atoms with Gasteiger partial charge < -0.3 is 9.80 Å². The van der Waals surface area contributed by atoms with Crippen LogP contribution >= 0.6 is 11.6 Å². The van der Waals surface area contributed by atoms with Crippen molar-refractivity contribution in [1.29, 1.82) is 0 Å². The highest BCUT2D eigenvalue weighted by Crippen LogP contribution is 2.22. The minimum Gasteiger partial charge on any atom is -0.340 e. The molecule has 0 bridgehead atoms. The largest absolute Gasteiger partial charge is 0.340 e. The zero-order valence-electron chi connectivity index (χ0n) is 13.8. The number of carbonyl (C=O) groups excluding carboxylic acids is 1. The van der Waals surface area contributed by atoms with Gasteiger partial charge in [-0.05, 0) is 42.8 Å². The highest BCUT2D eigenvalue weighted by molar-refractivity contribution is 6.30. The summed E-state index contributed by atoms with van der Waals surface area (Å²) in [5.41, 5.74) is 1.45. The third-order valence-corrected chi connectivity index (χ3v) is 4.91. The molecule has 1 aromatic heterocycles. The number of carbonyl (C=O) groups is 1. The second kappa shape index (κ2) is 7.45. The van der Waals surface area contributed by atoms with E-state index in [1.54, 1.807) is 6.07 Å². The Labute approximate surface area is 146 Å². The Morgan fingerprint density at radius 1 is 1.25 bits per heavy atom. The van der Waals surface area contributed by atoms with Crippen molar-refractivity contribution >= 4 is 28.4 Å². The molecule has 1 aromatic carbocycles. The summed E-state index contributed by atoms with van der Waals surface area (Å²) in [5, 5.41) is 1.09. The summed E-state index contributed by atoms with van der Waals surface area (Å²) < 4.78 is 13.4. The summed E-state index contributed by atoms with van der Waals surface area (Å²) in [5.74, 6) is -0.163. The van der Waals surface area contributed by atoms with Gasteiger partial charge in [0.25, 0.3) is 0 Å². The van der Waals surface area contributed by atoms with Crippen molar-refractivity contribution < 1.29 is 9.18 Å². The van der Waals surface area contributed by atoms with Gasteiger partial charge in [-0.1, -0.05) is 18.5 Å². The molecule has 1 fully saturated rings. The number of aromatic nitrogens is 1. The van der Waals surface area contributed by atoms with Crippen LogP contribution in [0.25, 0.3) is 10.9 Å². The maximum atomic E-state index is 13.4. The molecule has 24 heavy (non-hydrogen) atoms. The van der Waals surface area contributed by atoms with Crippen molar-refractivity contribution in [1.82, 2.24) is 14.8 Å². The van der Waals surface area contributed by atoms with Gasteiger partial charge in [0.1, 0.15) is 11.0 Å². The average molecular weight is 350 g/mol. The fourth-order valence-corrected chi connectivity index (χ4v) is 3.30. The molecule has 3 rings (SSSR count). The number of rotatable bonds is 4. The van der Waals surface area contributed by atoms with Gasteiger partial charge in [-0.2, -0.15) is 0 Å². The van der Waals surface area contributed by atoms with Crippen LogP contribution in [0.1, 0.15) is 18.9 Å². The average Bonchev–Trinajstić information content (AvgIpc) is 2.60. The van der Waals surface area contributed by atoms with Crippen LogP contribution in [0.5, 0.6) is 0 Å². The molecule has 6 heteroatoms. The molecule has 0 aliphatic carbocycles. The molecular formula is C18H21ClFN3O. The Morgan fingerprint density at radius 2 is 2.00 bits per heavy atom. The van der Waals surface area contributed by atoms with Crippen LogP contribution in [0, 0.1) is 5.82 Å². The highest BCUT2D eigenvalue weighted by Gasteiger charge is 2.20. The molecule has 0 radical (unpaired) electrons. The number of piperazine rings is 1. The summed E-state index contributed by atoms with van der Waals surface area (Å²) in [6.45, 7) is 6.58. The highest BCUT2D eigenvalue weighted by atomic mass is 35.5. The molecule has 0 spiro atoms. The monoisotopic (exact) mass is 349 g/mol. The lowest BCUT2D eigenvalue weighted by atomic mass is 10.1. The number of hydrogen-bond acceptors (Lipinski definition) is 3. The van der Waals surface area contributed by atoms with Gasteiger partial charge in [0.15, 0.2) is 0 Å². The molecule has 2 aromatic rings. The second-order valence-corrected chi connectivity index (χ2v) is 6.45. The lowest BCUT2D eigenvalue weighted by Crippen LogP contribution is -2.48. The van der Waals surface area contributed by atoms with E-state index in [1.807, 2.05) is 11.0 Å². The van der Waals surface area contributed by atoms with Gasteiger partial charge in [-0.15, -0.1) is 0 Å². The van der Waals surface area contributed by atoms with E-state index in [0.717, 1.165) is 38.3 Å². The van der Waals surface area contributed by atoms with Gasteiger partial charge in [0.05, 0.1) is 5.52 Å². The third-order valence-electron chi connectivity index (χ3n) is 4.58. The van der Waals surface area contributed by atoms with Crippen LogP contribution in [-0.2, 0) is 11.2 Å². The number of amides is 1. The molecular weight excluding hydrogens is 329 g/mol. The van der Waals surface area contributed by atoms with Crippen molar-refractivity contribution in [3.8, 4) is 0 Å². The molecule has 0 N–H and O–H groups in total. The number of hydrogen-bond donors (Lipinski definition) is 0. The maximum absolute atomic E-state index is 13.4. The number of halogens is 2. The molecule has 0 atom stereocenters. The van der Waals surface area contributed by atoms with Gasteiger partial charge in [-0.3, -0.25) is 4.79 Å². The Hall–Kier alpha value is -1.72. The first-order valence-electron chi connectivity index (χ1n) is 8.31. The van der Waals surface area contributed by atoms with Crippen LogP contribution in [0.15, 0.2) is 24.3 Å². The molecule has 1 aliphatic rings. The van der Waals surface area contributed by atoms with Crippen molar-refractivity contribution in [2.45, 2.75) is 19.8 Å². The first kappa shape index (κ1) is 17.1. The van der Waals surface area contributed by atoms with Crippen molar-refractivity contribution in [3.63, 3.8) is 0 Å². The summed E-state index contributed by atoms with van der Waals surface area (Å²) >= 11 is 6.21. The lowest BCUT2D eigenvalue weighted by Gasteiger charge is -2.34. The van der Waals surface area contributed by atoms with E-state index in [-0.39, 0.29) is 11.7 Å². The Morgan fingerprint density at radius 3 is 2.71 bits per heavy atom. The molecule has 2 heterocycles. The van der Waals surface area contributed by atoms with Crippen LogP contribution in [0.4, 0.5) is 4.39 Å². The molecule has 0 saturated carbocycles. The van der Waals surface area contributed by atoms with E-state index in [1.165, 1.54) is 12.1 Å². The van der Waals surface area contributed by atoms with Crippen molar-refractivity contribution in [2.24, 2.45) is 0 Å². The number of likely N-dealkylation sites (N-methyl/N-ethyl adjacent to an activating group) is 1. The minimum absolute atomic E-state index is 0.140. The molecule has 128 valence electrons. The molecule has 0 unspecified atom stereocenters. The first-order chi connectivity index (χ1) is 11.6. The summed E-state index contributed by atoms with van der Waals surface area (Å²) in [7, 11) is 0. The Kier molecular flexibility index (Phi) is 5.31. The summed E-state index contributed by atoms with van der Waals surface area (Å²) in [6.07, 6.45) is 0.916. The zero-order valence-corrected chi connectivity index (χ0v) is 14.5. The van der Waals surface area contributed by atoms with E-state index in [9.17, 15) is 9.18 Å². The number of benzene rings is 1. The minimum atomic E-state index is -0.303. The van der Waals surface area contributed by atoms with E-state index in [0.29, 0.717) is 28.9 Å². The van der Waals surface area contributed by atoms with E-state index in [4.69, 9.17) is 11.6 Å². The Bertz CT molecular complexity index is 744. The summed E-state index contributed by atoms with van der Waals surface area (Å²) in [4.78, 5) is 20.9. The van der Waals surface area contributed by atoms with Crippen LogP contribution in [0.3, 0.4) is 0 Å². The maximum Gasteiger partial charge on any atom is 0.222 e. The number of pyridine rings is 1. The molecule has 1 aliphatic heterocycles.